The number of ether oxygens (including phenoxy) is 3. The van der Waals surface area contributed by atoms with Crippen molar-refractivity contribution in [1.29, 1.82) is 0 Å². The quantitative estimate of drug-likeness (QED) is 0.742. The molecule has 2 aromatic carbocycles. The van der Waals surface area contributed by atoms with Crippen LogP contribution in [-0.4, -0.2) is 26.3 Å². The van der Waals surface area contributed by atoms with Gasteiger partial charge in [0.2, 0.25) is 5.75 Å². The highest BCUT2D eigenvalue weighted by Crippen LogP contribution is 2.42. The molecule has 0 spiro atoms. The fourth-order valence-corrected chi connectivity index (χ4v) is 2.93. The van der Waals surface area contributed by atoms with Gasteiger partial charge >= 0.3 is 0 Å². The van der Waals surface area contributed by atoms with Crippen molar-refractivity contribution in [3.8, 4) is 39.5 Å². The summed E-state index contributed by atoms with van der Waals surface area (Å²) in [6, 6.07) is 14.0. The summed E-state index contributed by atoms with van der Waals surface area (Å²) in [5.41, 5.74) is 11.1. The third-order valence-corrected chi connectivity index (χ3v) is 4.25. The molecule has 5 nitrogen and oxygen atoms in total. The van der Waals surface area contributed by atoms with Gasteiger partial charge in [0.1, 0.15) is 5.82 Å². The van der Waals surface area contributed by atoms with Crippen LogP contribution in [-0.2, 0) is 0 Å². The largest absolute Gasteiger partial charge is 0.493 e. The summed E-state index contributed by atoms with van der Waals surface area (Å²) < 4.78 is 16.3. The number of anilines is 1. The fourth-order valence-electron chi connectivity index (χ4n) is 2.93. The maximum Gasteiger partial charge on any atom is 0.203 e. The molecule has 3 aromatic rings. The first-order valence-corrected chi connectivity index (χ1v) is 8.20. The second kappa shape index (κ2) is 7.35. The van der Waals surface area contributed by atoms with Crippen LogP contribution < -0.4 is 19.9 Å². The summed E-state index contributed by atoms with van der Waals surface area (Å²) in [5, 5.41) is 0. The number of aromatic nitrogens is 1. The number of benzene rings is 2. The van der Waals surface area contributed by atoms with Crippen molar-refractivity contribution >= 4 is 5.82 Å². The average molecular weight is 350 g/mol. The molecule has 1 heterocycles. The molecule has 0 bridgehead atoms. The molecular weight excluding hydrogens is 328 g/mol. The van der Waals surface area contributed by atoms with Crippen molar-refractivity contribution in [2.75, 3.05) is 27.1 Å². The van der Waals surface area contributed by atoms with Gasteiger partial charge < -0.3 is 19.9 Å². The molecule has 5 heteroatoms. The van der Waals surface area contributed by atoms with E-state index in [4.69, 9.17) is 19.9 Å². The summed E-state index contributed by atoms with van der Waals surface area (Å²) in [7, 11) is 4.76. The Morgan fingerprint density at radius 1 is 0.808 bits per heavy atom. The lowest BCUT2D eigenvalue weighted by Gasteiger charge is -2.15. The lowest BCUT2D eigenvalue weighted by atomic mass is 9.99. The van der Waals surface area contributed by atoms with Crippen LogP contribution >= 0.6 is 0 Å². The molecule has 3 rings (SSSR count). The van der Waals surface area contributed by atoms with E-state index in [-0.39, 0.29) is 0 Å². The van der Waals surface area contributed by atoms with Gasteiger partial charge in [-0.2, -0.15) is 0 Å². The van der Waals surface area contributed by atoms with Crippen LogP contribution in [0.2, 0.25) is 0 Å². The predicted octanol–water partition coefficient (Wildman–Crippen LogP) is 4.33. The Morgan fingerprint density at radius 2 is 1.50 bits per heavy atom. The van der Waals surface area contributed by atoms with Crippen LogP contribution in [0.15, 0.2) is 48.7 Å². The monoisotopic (exact) mass is 350 g/mol. The number of hydrogen-bond donors (Lipinski definition) is 1. The smallest absolute Gasteiger partial charge is 0.203 e. The van der Waals surface area contributed by atoms with E-state index in [1.54, 1.807) is 27.5 Å². The van der Waals surface area contributed by atoms with E-state index in [1.807, 2.05) is 24.3 Å². The molecule has 0 amide bonds. The number of pyridine rings is 1. The number of nitrogens with two attached hydrogens (primary N) is 1. The molecule has 0 saturated heterocycles. The van der Waals surface area contributed by atoms with Crippen LogP contribution in [0.3, 0.4) is 0 Å². The molecular formula is C21H22N2O3. The van der Waals surface area contributed by atoms with E-state index >= 15 is 0 Å². The highest BCUT2D eigenvalue weighted by atomic mass is 16.5. The van der Waals surface area contributed by atoms with Gasteiger partial charge in [-0.1, -0.05) is 29.8 Å². The Labute approximate surface area is 153 Å². The molecule has 0 fully saturated rings. The molecule has 134 valence electrons. The van der Waals surface area contributed by atoms with Crippen molar-refractivity contribution < 1.29 is 14.2 Å². The predicted molar refractivity (Wildman–Crippen MR) is 104 cm³/mol. The minimum Gasteiger partial charge on any atom is -0.493 e. The van der Waals surface area contributed by atoms with E-state index in [0.29, 0.717) is 23.1 Å². The van der Waals surface area contributed by atoms with Gasteiger partial charge in [-0.25, -0.2) is 4.98 Å². The highest BCUT2D eigenvalue weighted by molar-refractivity contribution is 5.81. The first kappa shape index (κ1) is 17.6. The Morgan fingerprint density at radius 3 is 2.08 bits per heavy atom. The van der Waals surface area contributed by atoms with E-state index in [1.165, 1.54) is 5.56 Å². The molecule has 2 N–H and O–H groups in total. The lowest BCUT2D eigenvalue weighted by Crippen LogP contribution is -1.98. The zero-order valence-corrected chi connectivity index (χ0v) is 15.4. The SMILES string of the molecule is COc1cc(-c2cc(-c3cccc(C)c3)cnc2N)cc(OC)c1OC. The summed E-state index contributed by atoms with van der Waals surface area (Å²) >= 11 is 0. The fraction of sp³-hybridized carbons (Fsp3) is 0.190. The second-order valence-electron chi connectivity index (χ2n) is 5.94. The van der Waals surface area contributed by atoms with E-state index in [9.17, 15) is 0 Å². The van der Waals surface area contributed by atoms with E-state index in [2.05, 4.69) is 30.1 Å². The number of hydrogen-bond acceptors (Lipinski definition) is 5. The highest BCUT2D eigenvalue weighted by Gasteiger charge is 2.16. The standard InChI is InChI=1S/C21H22N2O3/c1-13-6-5-7-14(8-13)16-9-17(21(22)23-12-16)15-10-18(24-2)20(26-4)19(11-15)25-3/h5-12H,1-4H3,(H2,22,23). The summed E-state index contributed by atoms with van der Waals surface area (Å²) in [5.74, 6) is 2.13. The molecule has 0 saturated carbocycles. The summed E-state index contributed by atoms with van der Waals surface area (Å²) in [4.78, 5) is 4.38. The number of nitrogen functional groups attached to an aromatic ring is 1. The number of aryl methyl sites for hydroxylation is 1. The van der Waals surface area contributed by atoms with Crippen molar-refractivity contribution in [2.45, 2.75) is 6.92 Å². The maximum atomic E-state index is 6.16. The normalized spacial score (nSPS) is 10.5. The summed E-state index contributed by atoms with van der Waals surface area (Å²) in [6.07, 6.45) is 1.78. The number of rotatable bonds is 5. The Hall–Kier alpha value is -3.21. The zero-order valence-electron chi connectivity index (χ0n) is 15.4. The first-order chi connectivity index (χ1) is 12.6. The Bertz CT molecular complexity index is 913. The van der Waals surface area contributed by atoms with Crippen LogP contribution in [0.4, 0.5) is 5.82 Å². The Kier molecular flexibility index (Phi) is 4.98. The number of nitrogens with zero attached hydrogens (tertiary/aromatic N) is 1. The topological polar surface area (TPSA) is 66.6 Å². The molecule has 1 aromatic heterocycles. The van der Waals surface area contributed by atoms with Gasteiger partial charge in [-0.05, 0) is 36.2 Å². The van der Waals surface area contributed by atoms with Gasteiger partial charge in [-0.15, -0.1) is 0 Å². The zero-order chi connectivity index (χ0) is 18.7. The van der Waals surface area contributed by atoms with Gasteiger partial charge in [0, 0.05) is 17.3 Å². The average Bonchev–Trinajstić information content (AvgIpc) is 2.67. The molecule has 0 unspecified atom stereocenters. The minimum atomic E-state index is 0.440. The lowest BCUT2D eigenvalue weighted by molar-refractivity contribution is 0.324. The van der Waals surface area contributed by atoms with Crippen LogP contribution in [0.25, 0.3) is 22.3 Å². The third kappa shape index (κ3) is 3.28. The van der Waals surface area contributed by atoms with Gasteiger partial charge in [0.05, 0.1) is 21.3 Å². The molecule has 26 heavy (non-hydrogen) atoms. The molecule has 0 radical (unpaired) electrons. The van der Waals surface area contributed by atoms with Gasteiger partial charge in [-0.3, -0.25) is 0 Å². The van der Waals surface area contributed by atoms with Crippen LogP contribution in [0.5, 0.6) is 17.2 Å². The van der Waals surface area contributed by atoms with Crippen molar-refractivity contribution in [1.82, 2.24) is 4.98 Å². The van der Waals surface area contributed by atoms with Crippen molar-refractivity contribution in [3.05, 3.63) is 54.2 Å². The van der Waals surface area contributed by atoms with Crippen molar-refractivity contribution in [3.63, 3.8) is 0 Å². The van der Waals surface area contributed by atoms with E-state index in [0.717, 1.165) is 22.3 Å². The Balaban J connectivity index is 2.16. The third-order valence-electron chi connectivity index (χ3n) is 4.25. The van der Waals surface area contributed by atoms with E-state index < -0.39 is 0 Å². The molecule has 0 atom stereocenters. The van der Waals surface area contributed by atoms with Crippen molar-refractivity contribution in [2.24, 2.45) is 0 Å². The van der Waals surface area contributed by atoms with Gasteiger partial charge in [0.15, 0.2) is 11.5 Å². The first-order valence-electron chi connectivity index (χ1n) is 8.20. The van der Waals surface area contributed by atoms with Gasteiger partial charge in [0.25, 0.3) is 0 Å². The summed E-state index contributed by atoms with van der Waals surface area (Å²) in [6.45, 7) is 2.06. The molecule has 0 aliphatic rings. The van der Waals surface area contributed by atoms with Crippen LogP contribution in [0, 0.1) is 6.92 Å². The number of methoxy groups -OCH3 is 3. The molecule has 0 aliphatic heterocycles. The minimum absolute atomic E-state index is 0.440. The second-order valence-corrected chi connectivity index (χ2v) is 5.94. The molecule has 0 aliphatic carbocycles. The maximum absolute atomic E-state index is 6.16. The van der Waals surface area contributed by atoms with Crippen LogP contribution in [0.1, 0.15) is 5.56 Å².